The molecule has 0 radical (unpaired) electrons. The maximum Gasteiger partial charge on any atom is 0.408 e. The second-order valence-electron chi connectivity index (χ2n) is 8.99. The highest BCUT2D eigenvalue weighted by Crippen LogP contribution is 2.25. The SMILES string of the molecule is CCCCN(C(=O)CNC(=O)OC(C)(C)C)C(C(=O)NC(C)CCC)c1cccc(O)c1. The van der Waals surface area contributed by atoms with Gasteiger partial charge in [0.1, 0.15) is 23.9 Å². The van der Waals surface area contributed by atoms with E-state index >= 15 is 0 Å². The van der Waals surface area contributed by atoms with Gasteiger partial charge >= 0.3 is 6.09 Å². The van der Waals surface area contributed by atoms with Crippen LogP contribution in [0.25, 0.3) is 0 Å². The first kappa shape index (κ1) is 27.3. The third kappa shape index (κ3) is 9.58. The van der Waals surface area contributed by atoms with Crippen molar-refractivity contribution in [3.05, 3.63) is 29.8 Å². The van der Waals surface area contributed by atoms with Crippen molar-refractivity contribution in [3.63, 3.8) is 0 Å². The molecule has 3 amide bonds. The van der Waals surface area contributed by atoms with Crippen LogP contribution in [0.2, 0.25) is 0 Å². The molecule has 0 fully saturated rings. The van der Waals surface area contributed by atoms with Crippen LogP contribution in [0.1, 0.15) is 78.8 Å². The number of ether oxygens (including phenoxy) is 1. The summed E-state index contributed by atoms with van der Waals surface area (Å²) in [6.07, 6.45) is 2.53. The Balaban J connectivity index is 3.17. The van der Waals surface area contributed by atoms with E-state index in [2.05, 4.69) is 10.6 Å². The van der Waals surface area contributed by atoms with Gasteiger partial charge < -0.3 is 25.4 Å². The number of hydrogen-bond acceptors (Lipinski definition) is 5. The van der Waals surface area contributed by atoms with Gasteiger partial charge in [0.25, 0.3) is 0 Å². The van der Waals surface area contributed by atoms with Crippen LogP contribution in [0.15, 0.2) is 24.3 Å². The third-order valence-corrected chi connectivity index (χ3v) is 4.71. The van der Waals surface area contributed by atoms with Crippen molar-refractivity contribution in [2.75, 3.05) is 13.1 Å². The molecule has 1 rings (SSSR count). The molecule has 0 bridgehead atoms. The summed E-state index contributed by atoms with van der Waals surface area (Å²) in [5, 5.41) is 15.4. The van der Waals surface area contributed by atoms with Gasteiger partial charge in [-0.25, -0.2) is 4.79 Å². The Morgan fingerprint density at radius 2 is 1.84 bits per heavy atom. The molecule has 8 nitrogen and oxygen atoms in total. The number of carbonyl (C=O) groups excluding carboxylic acids is 3. The minimum Gasteiger partial charge on any atom is -0.508 e. The number of nitrogens with one attached hydrogen (secondary N) is 2. The molecule has 0 aliphatic rings. The zero-order valence-electron chi connectivity index (χ0n) is 20.2. The number of benzene rings is 1. The van der Waals surface area contributed by atoms with Crippen LogP contribution in [-0.4, -0.2) is 52.6 Å². The Hall–Kier alpha value is -2.77. The fourth-order valence-corrected chi connectivity index (χ4v) is 3.28. The number of rotatable bonds is 11. The molecule has 2 atom stereocenters. The van der Waals surface area contributed by atoms with E-state index < -0.39 is 23.6 Å². The number of phenols is 1. The molecule has 32 heavy (non-hydrogen) atoms. The predicted molar refractivity (Wildman–Crippen MR) is 124 cm³/mol. The van der Waals surface area contributed by atoms with Crippen molar-refractivity contribution in [2.24, 2.45) is 0 Å². The van der Waals surface area contributed by atoms with E-state index in [-0.39, 0.29) is 24.2 Å². The van der Waals surface area contributed by atoms with E-state index in [0.717, 1.165) is 19.3 Å². The first-order valence-corrected chi connectivity index (χ1v) is 11.3. The number of nitrogens with zero attached hydrogens (tertiary/aromatic N) is 1. The van der Waals surface area contributed by atoms with E-state index in [1.165, 1.54) is 17.0 Å². The molecule has 0 aliphatic heterocycles. The molecule has 1 aromatic rings. The Labute approximate surface area is 191 Å². The van der Waals surface area contributed by atoms with Crippen LogP contribution >= 0.6 is 0 Å². The van der Waals surface area contributed by atoms with Crippen LogP contribution < -0.4 is 10.6 Å². The summed E-state index contributed by atoms with van der Waals surface area (Å²) in [5.74, 6) is -0.717. The van der Waals surface area contributed by atoms with Crippen molar-refractivity contribution in [1.82, 2.24) is 15.5 Å². The molecule has 0 saturated heterocycles. The quantitative estimate of drug-likeness (QED) is 0.475. The zero-order chi connectivity index (χ0) is 24.3. The maximum absolute atomic E-state index is 13.3. The van der Waals surface area contributed by atoms with Gasteiger partial charge in [-0.15, -0.1) is 0 Å². The summed E-state index contributed by atoms with van der Waals surface area (Å²) in [7, 11) is 0. The highest BCUT2D eigenvalue weighted by atomic mass is 16.6. The van der Waals surface area contributed by atoms with Gasteiger partial charge in [-0.05, 0) is 58.2 Å². The van der Waals surface area contributed by atoms with Gasteiger partial charge in [-0.1, -0.05) is 38.8 Å². The smallest absolute Gasteiger partial charge is 0.408 e. The fraction of sp³-hybridized carbons (Fsp3) is 0.625. The van der Waals surface area contributed by atoms with Crippen molar-refractivity contribution in [3.8, 4) is 5.75 Å². The topological polar surface area (TPSA) is 108 Å². The minimum atomic E-state index is -0.930. The van der Waals surface area contributed by atoms with Gasteiger partial charge in [0, 0.05) is 12.6 Å². The largest absolute Gasteiger partial charge is 0.508 e. The summed E-state index contributed by atoms with van der Waals surface area (Å²) in [6, 6.07) is 5.36. The lowest BCUT2D eigenvalue weighted by molar-refractivity contribution is -0.140. The van der Waals surface area contributed by atoms with Crippen molar-refractivity contribution in [1.29, 1.82) is 0 Å². The number of aromatic hydroxyl groups is 1. The first-order valence-electron chi connectivity index (χ1n) is 11.3. The Morgan fingerprint density at radius 1 is 1.16 bits per heavy atom. The van der Waals surface area contributed by atoms with E-state index in [0.29, 0.717) is 18.5 Å². The summed E-state index contributed by atoms with van der Waals surface area (Å²) in [4.78, 5) is 39.9. The number of unbranched alkanes of at least 4 members (excludes halogenated alkanes) is 1. The summed E-state index contributed by atoms with van der Waals surface area (Å²) >= 11 is 0. The number of hydrogen-bond donors (Lipinski definition) is 3. The summed E-state index contributed by atoms with van der Waals surface area (Å²) < 4.78 is 5.20. The zero-order valence-corrected chi connectivity index (χ0v) is 20.2. The van der Waals surface area contributed by atoms with Gasteiger partial charge in [0.2, 0.25) is 11.8 Å². The molecule has 3 N–H and O–H groups in total. The van der Waals surface area contributed by atoms with Gasteiger partial charge in [-0.3, -0.25) is 9.59 Å². The summed E-state index contributed by atoms with van der Waals surface area (Å²) in [5.41, 5.74) is -0.179. The van der Waals surface area contributed by atoms with Crippen LogP contribution in [0.4, 0.5) is 4.79 Å². The second-order valence-corrected chi connectivity index (χ2v) is 8.99. The lowest BCUT2D eigenvalue weighted by Crippen LogP contribution is -2.49. The molecular formula is C24H39N3O5. The number of amides is 3. The standard InChI is InChI=1S/C24H39N3O5/c1-7-9-14-27(20(29)16-25-23(31)32-24(4,5)6)21(18-12-10-13-19(28)15-18)22(30)26-17(3)11-8-2/h10,12-13,15,17,21,28H,7-9,11,14,16H2,1-6H3,(H,25,31)(H,26,30). The van der Waals surface area contributed by atoms with Gasteiger partial charge in [0.15, 0.2) is 0 Å². The van der Waals surface area contributed by atoms with E-state index in [9.17, 15) is 19.5 Å². The van der Waals surface area contributed by atoms with Crippen LogP contribution in [0, 0.1) is 0 Å². The number of carbonyl (C=O) groups is 3. The lowest BCUT2D eigenvalue weighted by Gasteiger charge is -2.32. The maximum atomic E-state index is 13.3. The molecule has 0 spiro atoms. The Kier molecular flexibility index (Phi) is 11.0. The molecule has 1 aromatic carbocycles. The minimum absolute atomic E-state index is 0.0108. The fourth-order valence-electron chi connectivity index (χ4n) is 3.28. The summed E-state index contributed by atoms with van der Waals surface area (Å²) in [6.45, 7) is 11.2. The van der Waals surface area contributed by atoms with Crippen LogP contribution in [0.5, 0.6) is 5.75 Å². The van der Waals surface area contributed by atoms with E-state index in [1.807, 2.05) is 20.8 Å². The highest BCUT2D eigenvalue weighted by Gasteiger charge is 2.32. The Morgan fingerprint density at radius 3 is 2.41 bits per heavy atom. The molecular weight excluding hydrogens is 410 g/mol. The second kappa shape index (κ2) is 12.9. The van der Waals surface area contributed by atoms with Crippen molar-refractivity contribution < 1.29 is 24.2 Å². The van der Waals surface area contributed by atoms with E-state index in [4.69, 9.17) is 4.74 Å². The molecule has 0 aliphatic carbocycles. The molecule has 0 heterocycles. The third-order valence-electron chi connectivity index (χ3n) is 4.71. The van der Waals surface area contributed by atoms with Crippen LogP contribution in [0.3, 0.4) is 0 Å². The number of phenolic OH excluding ortho intramolecular Hbond substituents is 1. The normalized spacial score (nSPS) is 13.1. The molecule has 180 valence electrons. The van der Waals surface area contributed by atoms with Crippen LogP contribution in [-0.2, 0) is 14.3 Å². The highest BCUT2D eigenvalue weighted by molar-refractivity contribution is 5.90. The van der Waals surface area contributed by atoms with Gasteiger partial charge in [0.05, 0.1) is 0 Å². The van der Waals surface area contributed by atoms with Crippen molar-refractivity contribution >= 4 is 17.9 Å². The lowest BCUT2D eigenvalue weighted by atomic mass is 10.0. The monoisotopic (exact) mass is 449 g/mol. The van der Waals surface area contributed by atoms with Crippen molar-refractivity contribution in [2.45, 2.75) is 84.9 Å². The molecule has 0 aromatic heterocycles. The predicted octanol–water partition coefficient (Wildman–Crippen LogP) is 3.89. The molecule has 2 unspecified atom stereocenters. The van der Waals surface area contributed by atoms with Gasteiger partial charge in [-0.2, -0.15) is 0 Å². The number of alkyl carbamates (subject to hydrolysis) is 1. The molecule has 8 heteroatoms. The average molecular weight is 450 g/mol. The molecule has 0 saturated carbocycles. The first-order chi connectivity index (χ1) is 15.0. The van der Waals surface area contributed by atoms with E-state index in [1.54, 1.807) is 32.9 Å². The average Bonchev–Trinajstić information content (AvgIpc) is 2.68. The Bertz CT molecular complexity index is 760.